The van der Waals surface area contributed by atoms with Crippen LogP contribution < -0.4 is 10.1 Å². The van der Waals surface area contributed by atoms with Crippen LogP contribution in [0.5, 0.6) is 5.75 Å². The molecule has 1 heterocycles. The van der Waals surface area contributed by atoms with E-state index in [-0.39, 0.29) is 5.91 Å². The van der Waals surface area contributed by atoms with Gasteiger partial charge in [0.15, 0.2) is 5.60 Å². The van der Waals surface area contributed by atoms with Crippen LogP contribution in [0, 0.1) is 6.92 Å². The van der Waals surface area contributed by atoms with Crippen LogP contribution in [-0.2, 0) is 4.74 Å². The highest BCUT2D eigenvalue weighted by atomic mass is 16.7. The maximum Gasteiger partial charge on any atom is 0.251 e. The maximum atomic E-state index is 11.9. The van der Waals surface area contributed by atoms with Crippen molar-refractivity contribution in [1.29, 1.82) is 0 Å². The number of aliphatic hydroxyl groups is 4. The molecule has 5 N–H and O–H groups in total. The number of nitrogens with one attached hydrogen (secondary N) is 1. The number of azide groups is 1. The lowest BCUT2D eigenvalue weighted by Gasteiger charge is -2.47. The molecule has 0 bridgehead atoms. The van der Waals surface area contributed by atoms with Crippen molar-refractivity contribution < 1.29 is 34.7 Å². The van der Waals surface area contributed by atoms with Gasteiger partial charge in [0, 0.05) is 17.5 Å². The molecule has 33 heavy (non-hydrogen) atoms. The second-order valence-electron chi connectivity index (χ2n) is 7.76. The molecule has 0 saturated carbocycles. The van der Waals surface area contributed by atoms with Gasteiger partial charge < -0.3 is 35.2 Å². The smallest absolute Gasteiger partial charge is 0.251 e. The van der Waals surface area contributed by atoms with E-state index in [0.717, 1.165) is 11.1 Å². The number of aryl methyl sites for hydroxylation is 1. The van der Waals surface area contributed by atoms with E-state index in [1.54, 1.807) is 44.3 Å². The number of carbonyl (C=O) groups excluding carboxylic acids is 1. The molecular weight excluding hydrogens is 432 g/mol. The lowest BCUT2D eigenvalue weighted by molar-refractivity contribution is -0.317. The quantitative estimate of drug-likeness (QED) is 0.232. The van der Waals surface area contributed by atoms with Gasteiger partial charge in [-0.2, -0.15) is 0 Å². The number of hydrogen-bond acceptors (Lipinski definition) is 8. The van der Waals surface area contributed by atoms with Gasteiger partial charge in [0.2, 0.25) is 6.29 Å². The molecule has 1 saturated heterocycles. The van der Waals surface area contributed by atoms with Gasteiger partial charge in [-0.3, -0.25) is 4.79 Å². The van der Waals surface area contributed by atoms with Gasteiger partial charge in [-0.25, -0.2) is 0 Å². The van der Waals surface area contributed by atoms with Crippen molar-refractivity contribution >= 4 is 5.91 Å². The molecule has 0 aliphatic carbocycles. The van der Waals surface area contributed by atoms with Crippen molar-refractivity contribution in [3.63, 3.8) is 0 Å². The maximum absolute atomic E-state index is 11.9. The third kappa shape index (κ3) is 4.93. The molecule has 1 aliphatic heterocycles. The van der Waals surface area contributed by atoms with Crippen LogP contribution in [0.25, 0.3) is 21.6 Å². The summed E-state index contributed by atoms with van der Waals surface area (Å²) < 4.78 is 11.3. The minimum absolute atomic E-state index is 0.207. The molecule has 0 unspecified atom stereocenters. The Balaban J connectivity index is 1.90. The highest BCUT2D eigenvalue weighted by molar-refractivity contribution is 5.95. The normalized spacial score (nSPS) is 26.8. The molecule has 1 fully saturated rings. The van der Waals surface area contributed by atoms with E-state index in [1.165, 1.54) is 0 Å². The zero-order valence-corrected chi connectivity index (χ0v) is 18.1. The standard InChI is InChI=1S/C22H26N4O7/c1-12-8-14(13-4-3-5-15(9-13)20(30)24-2)6-7-16(12)32-21-22(31,11-25-26-23)19(29)18(28)17(10-27)33-21/h3-9,17-19,21,27-29,31H,10-11H2,1-2H3,(H,24,30)/t17-,18-,19+,21+,22-/m1/s1. The average Bonchev–Trinajstić information content (AvgIpc) is 2.83. The minimum Gasteiger partial charge on any atom is -0.461 e. The molecule has 2 aromatic carbocycles. The first kappa shape index (κ1) is 24.5. The van der Waals surface area contributed by atoms with E-state index < -0.39 is 43.4 Å². The van der Waals surface area contributed by atoms with E-state index in [0.29, 0.717) is 16.9 Å². The summed E-state index contributed by atoms with van der Waals surface area (Å²) in [6, 6.07) is 12.3. The van der Waals surface area contributed by atoms with Crippen molar-refractivity contribution in [3.8, 4) is 16.9 Å². The van der Waals surface area contributed by atoms with Crippen LogP contribution in [0.2, 0.25) is 0 Å². The van der Waals surface area contributed by atoms with Gasteiger partial charge in [0.25, 0.3) is 5.91 Å². The third-order valence-electron chi connectivity index (χ3n) is 5.58. The zero-order chi connectivity index (χ0) is 24.2. The number of amides is 1. The van der Waals surface area contributed by atoms with Crippen LogP contribution in [0.4, 0.5) is 0 Å². The van der Waals surface area contributed by atoms with Gasteiger partial charge >= 0.3 is 0 Å². The fourth-order valence-electron chi connectivity index (χ4n) is 3.65. The highest BCUT2D eigenvalue weighted by Gasteiger charge is 2.55. The van der Waals surface area contributed by atoms with E-state index >= 15 is 0 Å². The Kier molecular flexibility index (Phi) is 7.54. The van der Waals surface area contributed by atoms with Crippen LogP contribution >= 0.6 is 0 Å². The lowest BCUT2D eigenvalue weighted by atomic mass is 9.86. The van der Waals surface area contributed by atoms with Crippen LogP contribution in [-0.4, -0.2) is 76.7 Å². The zero-order valence-electron chi connectivity index (χ0n) is 18.1. The molecule has 0 aromatic heterocycles. The first-order chi connectivity index (χ1) is 15.7. The Labute approximate surface area is 189 Å². The molecule has 176 valence electrons. The van der Waals surface area contributed by atoms with Crippen molar-refractivity contribution in [2.24, 2.45) is 5.11 Å². The van der Waals surface area contributed by atoms with Crippen molar-refractivity contribution in [3.05, 3.63) is 64.0 Å². The average molecular weight is 458 g/mol. The Morgan fingerprint density at radius 1 is 1.27 bits per heavy atom. The second-order valence-corrected chi connectivity index (χ2v) is 7.76. The summed E-state index contributed by atoms with van der Waals surface area (Å²) in [5.41, 5.74) is 9.16. The van der Waals surface area contributed by atoms with Crippen molar-refractivity contribution in [2.75, 3.05) is 20.2 Å². The van der Waals surface area contributed by atoms with E-state index in [1.807, 2.05) is 12.1 Å². The summed E-state index contributed by atoms with van der Waals surface area (Å²) in [5, 5.41) is 46.9. The Morgan fingerprint density at radius 3 is 2.64 bits per heavy atom. The number of rotatable bonds is 7. The van der Waals surface area contributed by atoms with Crippen LogP contribution in [0.15, 0.2) is 47.6 Å². The van der Waals surface area contributed by atoms with E-state index in [9.17, 15) is 25.2 Å². The summed E-state index contributed by atoms with van der Waals surface area (Å²) in [6.45, 7) is 0.495. The van der Waals surface area contributed by atoms with Gasteiger partial charge in [-0.15, -0.1) is 0 Å². The van der Waals surface area contributed by atoms with Crippen LogP contribution in [0.1, 0.15) is 15.9 Å². The highest BCUT2D eigenvalue weighted by Crippen LogP contribution is 2.34. The fourth-order valence-corrected chi connectivity index (χ4v) is 3.65. The molecule has 1 aliphatic rings. The summed E-state index contributed by atoms with van der Waals surface area (Å²) in [4.78, 5) is 14.5. The topological polar surface area (TPSA) is 177 Å². The number of ether oxygens (including phenoxy) is 2. The monoisotopic (exact) mass is 458 g/mol. The van der Waals surface area contributed by atoms with Gasteiger partial charge in [-0.1, -0.05) is 23.3 Å². The molecule has 11 nitrogen and oxygen atoms in total. The number of hydrogen-bond donors (Lipinski definition) is 5. The number of benzene rings is 2. The predicted molar refractivity (Wildman–Crippen MR) is 117 cm³/mol. The van der Waals surface area contributed by atoms with Gasteiger partial charge in [-0.05, 0) is 53.4 Å². The van der Waals surface area contributed by atoms with E-state index in [4.69, 9.17) is 15.0 Å². The minimum atomic E-state index is -2.26. The van der Waals surface area contributed by atoms with Crippen molar-refractivity contribution in [2.45, 2.75) is 37.1 Å². The third-order valence-corrected chi connectivity index (χ3v) is 5.58. The molecule has 0 spiro atoms. The van der Waals surface area contributed by atoms with Crippen LogP contribution in [0.3, 0.4) is 0 Å². The second kappa shape index (κ2) is 10.2. The molecule has 1 amide bonds. The first-order valence-corrected chi connectivity index (χ1v) is 10.2. The first-order valence-electron chi connectivity index (χ1n) is 10.2. The van der Waals surface area contributed by atoms with E-state index in [2.05, 4.69) is 15.3 Å². The molecule has 2 aromatic rings. The largest absolute Gasteiger partial charge is 0.461 e. The summed E-state index contributed by atoms with van der Waals surface area (Å²) in [5.74, 6) is 0.0901. The SMILES string of the molecule is CNC(=O)c1cccc(-c2ccc(O[C@H]3O[C@H](CO)[C@@H](O)[C@H](O)[C@]3(O)CN=[N+]=[N-])c(C)c2)c1. The number of nitrogens with zero attached hydrogens (tertiary/aromatic N) is 3. The Bertz CT molecular complexity index is 1060. The Hall–Kier alpha value is -3.18. The summed E-state index contributed by atoms with van der Waals surface area (Å²) in [6.07, 6.45) is -6.18. The molecule has 0 radical (unpaired) electrons. The number of aliphatic hydroxyl groups excluding tert-OH is 3. The van der Waals surface area contributed by atoms with Gasteiger partial charge in [0.1, 0.15) is 24.1 Å². The van der Waals surface area contributed by atoms with Crippen molar-refractivity contribution in [1.82, 2.24) is 5.32 Å². The lowest BCUT2D eigenvalue weighted by Crippen LogP contribution is -2.69. The molecular formula is C22H26N4O7. The summed E-state index contributed by atoms with van der Waals surface area (Å²) in [7, 11) is 1.55. The fraction of sp³-hybridized carbons (Fsp3) is 0.409. The Morgan fingerprint density at radius 2 is 2.00 bits per heavy atom. The molecule has 3 rings (SSSR count). The predicted octanol–water partition coefficient (Wildman–Crippen LogP) is 0.881. The molecule has 11 heteroatoms. The number of carbonyl (C=O) groups is 1. The summed E-state index contributed by atoms with van der Waals surface area (Å²) >= 11 is 0. The molecule has 5 atom stereocenters. The van der Waals surface area contributed by atoms with Gasteiger partial charge in [0.05, 0.1) is 13.2 Å².